The highest BCUT2D eigenvalue weighted by atomic mass is 16.5. The average Bonchev–Trinajstić information content (AvgIpc) is 3.34. The van der Waals surface area contributed by atoms with Gasteiger partial charge in [-0.3, -0.25) is 4.79 Å². The summed E-state index contributed by atoms with van der Waals surface area (Å²) in [5.41, 5.74) is 4.18. The molecule has 0 saturated carbocycles. The summed E-state index contributed by atoms with van der Waals surface area (Å²) in [4.78, 5) is 15.8. The monoisotopic (exact) mass is 378 g/mol. The molecule has 3 aromatic rings. The number of aromatic nitrogens is 1. The third kappa shape index (κ3) is 4.37. The number of aromatic amines is 1. The van der Waals surface area contributed by atoms with E-state index in [4.69, 9.17) is 9.47 Å². The van der Waals surface area contributed by atoms with E-state index in [-0.39, 0.29) is 12.0 Å². The van der Waals surface area contributed by atoms with Crippen LogP contribution < -0.4 is 10.1 Å². The molecular formula is C23H26N2O3. The molecule has 1 aliphatic heterocycles. The fraction of sp³-hybridized carbons (Fsp3) is 0.348. The zero-order chi connectivity index (χ0) is 19.3. The molecule has 0 aliphatic carbocycles. The number of nitrogens with one attached hydrogen (secondary N) is 2. The molecule has 4 rings (SSSR count). The Hall–Kier alpha value is -2.79. The maximum absolute atomic E-state index is 12.4. The Morgan fingerprint density at radius 3 is 2.89 bits per heavy atom. The van der Waals surface area contributed by atoms with Gasteiger partial charge in [-0.2, -0.15) is 0 Å². The lowest BCUT2D eigenvalue weighted by atomic mass is 10.1. The van der Waals surface area contributed by atoms with Gasteiger partial charge in [0, 0.05) is 29.7 Å². The quantitative estimate of drug-likeness (QED) is 0.656. The molecule has 0 spiro atoms. The third-order valence-corrected chi connectivity index (χ3v) is 5.23. The van der Waals surface area contributed by atoms with Gasteiger partial charge in [0.2, 0.25) is 5.91 Å². The second kappa shape index (κ2) is 8.48. The molecule has 28 heavy (non-hydrogen) atoms. The summed E-state index contributed by atoms with van der Waals surface area (Å²) in [5, 5.41) is 4.04. The van der Waals surface area contributed by atoms with Gasteiger partial charge in [0.15, 0.2) is 0 Å². The van der Waals surface area contributed by atoms with Crippen molar-refractivity contribution in [1.29, 1.82) is 0 Å². The van der Waals surface area contributed by atoms with E-state index in [9.17, 15) is 4.79 Å². The van der Waals surface area contributed by atoms with E-state index >= 15 is 0 Å². The van der Waals surface area contributed by atoms with Gasteiger partial charge in [-0.15, -0.1) is 0 Å². The first kappa shape index (κ1) is 18.6. The lowest BCUT2D eigenvalue weighted by Gasteiger charge is -2.11. The van der Waals surface area contributed by atoms with Crippen LogP contribution in [0.2, 0.25) is 0 Å². The topological polar surface area (TPSA) is 63.4 Å². The lowest BCUT2D eigenvalue weighted by molar-refractivity contribution is -0.120. The zero-order valence-electron chi connectivity index (χ0n) is 16.2. The molecule has 0 unspecified atom stereocenters. The summed E-state index contributed by atoms with van der Waals surface area (Å²) in [5.74, 6) is 0.825. The van der Waals surface area contributed by atoms with Gasteiger partial charge in [-0.1, -0.05) is 30.3 Å². The van der Waals surface area contributed by atoms with Crippen molar-refractivity contribution in [1.82, 2.24) is 10.3 Å². The summed E-state index contributed by atoms with van der Waals surface area (Å²) in [6, 6.07) is 16.1. The Labute approximate surface area is 165 Å². The van der Waals surface area contributed by atoms with Crippen molar-refractivity contribution in [3.05, 3.63) is 65.4 Å². The van der Waals surface area contributed by atoms with Crippen LogP contribution in [0.15, 0.2) is 48.5 Å². The van der Waals surface area contributed by atoms with E-state index < -0.39 is 0 Å². The molecule has 146 valence electrons. The van der Waals surface area contributed by atoms with Crippen LogP contribution >= 0.6 is 0 Å². The van der Waals surface area contributed by atoms with Crippen molar-refractivity contribution in [2.45, 2.75) is 38.9 Å². The summed E-state index contributed by atoms with van der Waals surface area (Å²) < 4.78 is 11.5. The number of amides is 1. The first-order chi connectivity index (χ1) is 13.7. The fourth-order valence-electron chi connectivity index (χ4n) is 3.68. The number of rotatable bonds is 7. The molecular weight excluding hydrogens is 352 g/mol. The molecule has 2 heterocycles. The highest BCUT2D eigenvalue weighted by Crippen LogP contribution is 2.27. The van der Waals surface area contributed by atoms with Crippen LogP contribution in [0.4, 0.5) is 0 Å². The smallest absolute Gasteiger partial charge is 0.224 e. The van der Waals surface area contributed by atoms with E-state index in [0.29, 0.717) is 19.6 Å². The Morgan fingerprint density at radius 2 is 2.11 bits per heavy atom. The zero-order valence-corrected chi connectivity index (χ0v) is 16.2. The number of aryl methyl sites for hydroxylation is 1. The molecule has 2 aromatic carbocycles. The fourth-order valence-corrected chi connectivity index (χ4v) is 3.68. The predicted molar refractivity (Wildman–Crippen MR) is 109 cm³/mol. The number of benzene rings is 2. The number of hydrogen-bond donors (Lipinski definition) is 2. The standard InChI is InChI=1S/C23H26N2O3/c1-16-20(13-23(26)24-14-19-8-5-11-27-19)21-12-18(9-10-22(21)25-16)28-15-17-6-3-2-4-7-17/h2-4,6-7,9-10,12,19,25H,5,8,11,13-15H2,1H3,(H,24,26)/t19-/m0/s1. The maximum atomic E-state index is 12.4. The maximum Gasteiger partial charge on any atom is 0.224 e. The van der Waals surface area contributed by atoms with Crippen LogP contribution in [0.1, 0.15) is 29.7 Å². The largest absolute Gasteiger partial charge is 0.489 e. The predicted octanol–water partition coefficient (Wildman–Crippen LogP) is 3.89. The summed E-state index contributed by atoms with van der Waals surface area (Å²) >= 11 is 0. The van der Waals surface area contributed by atoms with Crippen LogP contribution in [-0.2, 0) is 22.6 Å². The number of H-pyrrole nitrogens is 1. The lowest BCUT2D eigenvalue weighted by Crippen LogP contribution is -2.32. The van der Waals surface area contributed by atoms with Gasteiger partial charge in [0.1, 0.15) is 12.4 Å². The number of ether oxygens (including phenoxy) is 2. The van der Waals surface area contributed by atoms with Gasteiger partial charge < -0.3 is 19.8 Å². The Balaban J connectivity index is 1.44. The van der Waals surface area contributed by atoms with Crippen molar-refractivity contribution in [2.75, 3.05) is 13.2 Å². The molecule has 5 heteroatoms. The van der Waals surface area contributed by atoms with Crippen molar-refractivity contribution in [3.63, 3.8) is 0 Å². The number of fused-ring (bicyclic) bond motifs is 1. The third-order valence-electron chi connectivity index (χ3n) is 5.23. The van der Waals surface area contributed by atoms with E-state index in [1.165, 1.54) is 0 Å². The summed E-state index contributed by atoms with van der Waals surface area (Å²) in [6.07, 6.45) is 2.61. The van der Waals surface area contributed by atoms with Crippen molar-refractivity contribution >= 4 is 16.8 Å². The Kier molecular flexibility index (Phi) is 5.63. The van der Waals surface area contributed by atoms with E-state index in [1.807, 2.05) is 55.5 Å². The van der Waals surface area contributed by atoms with Crippen molar-refractivity contribution < 1.29 is 14.3 Å². The molecule has 1 saturated heterocycles. The molecule has 1 atom stereocenters. The molecule has 1 aromatic heterocycles. The van der Waals surface area contributed by atoms with Crippen LogP contribution in [0.5, 0.6) is 5.75 Å². The van der Waals surface area contributed by atoms with E-state index in [1.54, 1.807) is 0 Å². The Morgan fingerprint density at radius 1 is 1.25 bits per heavy atom. The first-order valence-corrected chi connectivity index (χ1v) is 9.85. The van der Waals surface area contributed by atoms with E-state index in [0.717, 1.165) is 52.9 Å². The van der Waals surface area contributed by atoms with Gasteiger partial charge in [-0.05, 0) is 49.1 Å². The SMILES string of the molecule is Cc1[nH]c2ccc(OCc3ccccc3)cc2c1CC(=O)NC[C@@H]1CCCO1. The van der Waals surface area contributed by atoms with Crippen molar-refractivity contribution in [3.8, 4) is 5.75 Å². The van der Waals surface area contributed by atoms with Gasteiger partial charge >= 0.3 is 0 Å². The second-order valence-corrected chi connectivity index (χ2v) is 7.33. The Bertz CT molecular complexity index is 943. The number of hydrogen-bond acceptors (Lipinski definition) is 3. The molecule has 5 nitrogen and oxygen atoms in total. The number of carbonyl (C=O) groups is 1. The summed E-state index contributed by atoms with van der Waals surface area (Å²) in [7, 11) is 0. The molecule has 0 bridgehead atoms. The molecule has 2 N–H and O–H groups in total. The highest BCUT2D eigenvalue weighted by molar-refractivity contribution is 5.91. The average molecular weight is 378 g/mol. The minimum Gasteiger partial charge on any atom is -0.489 e. The highest BCUT2D eigenvalue weighted by Gasteiger charge is 2.18. The summed E-state index contributed by atoms with van der Waals surface area (Å²) in [6.45, 7) is 3.92. The van der Waals surface area contributed by atoms with Crippen LogP contribution in [0.3, 0.4) is 0 Å². The van der Waals surface area contributed by atoms with Crippen LogP contribution in [0, 0.1) is 6.92 Å². The molecule has 1 fully saturated rings. The minimum absolute atomic E-state index is 0.0232. The molecule has 0 radical (unpaired) electrons. The molecule has 1 aliphatic rings. The first-order valence-electron chi connectivity index (χ1n) is 9.85. The van der Waals surface area contributed by atoms with E-state index in [2.05, 4.69) is 10.3 Å². The minimum atomic E-state index is 0.0232. The van der Waals surface area contributed by atoms with Gasteiger partial charge in [0.25, 0.3) is 0 Å². The van der Waals surface area contributed by atoms with Crippen LogP contribution in [0.25, 0.3) is 10.9 Å². The van der Waals surface area contributed by atoms with Gasteiger partial charge in [-0.25, -0.2) is 0 Å². The van der Waals surface area contributed by atoms with Gasteiger partial charge in [0.05, 0.1) is 12.5 Å². The normalized spacial score (nSPS) is 16.4. The van der Waals surface area contributed by atoms with Crippen molar-refractivity contribution in [2.24, 2.45) is 0 Å². The second-order valence-electron chi connectivity index (χ2n) is 7.33. The number of carbonyl (C=O) groups excluding carboxylic acids is 1. The molecule has 1 amide bonds. The van der Waals surface area contributed by atoms with Crippen LogP contribution in [-0.4, -0.2) is 30.1 Å².